The number of amides is 1. The van der Waals surface area contributed by atoms with Crippen molar-refractivity contribution in [3.8, 4) is 0 Å². The standard InChI is InChI=1S/C20H16BrNOS2/c21-14-9-11-15(12-10-14)24-13-20(23)22-16-5-1-3-7-18(16)25-19-8-4-2-6-17(19)22/h1-12,16,18H,13H2/t16-,18-/m0/s1. The van der Waals surface area contributed by atoms with Crippen LogP contribution in [0.2, 0.25) is 0 Å². The molecule has 1 amide bonds. The molecule has 126 valence electrons. The largest absolute Gasteiger partial charge is 0.302 e. The number of allylic oxidation sites excluding steroid dienone is 2. The van der Waals surface area contributed by atoms with Crippen molar-refractivity contribution >= 4 is 51.0 Å². The van der Waals surface area contributed by atoms with Crippen molar-refractivity contribution in [2.24, 2.45) is 0 Å². The van der Waals surface area contributed by atoms with E-state index in [0.29, 0.717) is 5.75 Å². The molecule has 0 fully saturated rings. The Bertz CT molecular complexity index is 847. The fourth-order valence-corrected chi connectivity index (χ4v) is 5.31. The number of fused-ring (bicyclic) bond motifs is 2. The van der Waals surface area contributed by atoms with Crippen LogP contribution >= 0.6 is 39.5 Å². The third-order valence-corrected chi connectivity index (χ3v) is 7.02. The minimum atomic E-state index is 0.0860. The number of halogens is 1. The second-order valence-corrected chi connectivity index (χ2v) is 9.00. The number of thioether (sulfide) groups is 2. The summed E-state index contributed by atoms with van der Waals surface area (Å²) >= 11 is 6.86. The first kappa shape index (κ1) is 17.0. The van der Waals surface area contributed by atoms with Gasteiger partial charge < -0.3 is 4.90 Å². The van der Waals surface area contributed by atoms with Gasteiger partial charge in [0.05, 0.1) is 22.7 Å². The summed E-state index contributed by atoms with van der Waals surface area (Å²) in [6.45, 7) is 0. The summed E-state index contributed by atoms with van der Waals surface area (Å²) in [6.07, 6.45) is 8.43. The van der Waals surface area contributed by atoms with Crippen molar-refractivity contribution in [3.05, 3.63) is 77.3 Å². The Morgan fingerprint density at radius 2 is 1.84 bits per heavy atom. The van der Waals surface area contributed by atoms with E-state index in [9.17, 15) is 4.79 Å². The first-order valence-electron chi connectivity index (χ1n) is 8.03. The summed E-state index contributed by atoms with van der Waals surface area (Å²) in [4.78, 5) is 17.3. The van der Waals surface area contributed by atoms with Crippen LogP contribution in [0.15, 0.2) is 87.1 Å². The zero-order chi connectivity index (χ0) is 17.2. The van der Waals surface area contributed by atoms with Crippen molar-refractivity contribution in [2.75, 3.05) is 10.7 Å². The molecule has 2 aromatic rings. The summed E-state index contributed by atoms with van der Waals surface area (Å²) in [7, 11) is 0. The van der Waals surface area contributed by atoms with Crippen LogP contribution in [0.5, 0.6) is 0 Å². The van der Waals surface area contributed by atoms with Crippen molar-refractivity contribution < 1.29 is 4.79 Å². The van der Waals surface area contributed by atoms with Gasteiger partial charge in [-0.15, -0.1) is 23.5 Å². The Morgan fingerprint density at radius 3 is 2.68 bits per heavy atom. The van der Waals surface area contributed by atoms with Gasteiger partial charge in [0.15, 0.2) is 0 Å². The second-order valence-electron chi connectivity index (χ2n) is 5.82. The van der Waals surface area contributed by atoms with E-state index >= 15 is 0 Å². The minimum absolute atomic E-state index is 0.0860. The maximum absolute atomic E-state index is 13.1. The SMILES string of the molecule is O=C(CSc1ccc(Br)cc1)N1c2ccccc2S[C@H]2C=CC=C[C@@H]21. The molecule has 5 heteroatoms. The molecule has 0 spiro atoms. The molecular formula is C20H16BrNOS2. The number of rotatable bonds is 3. The molecule has 4 rings (SSSR count). The summed E-state index contributed by atoms with van der Waals surface area (Å²) in [6, 6.07) is 16.4. The lowest BCUT2D eigenvalue weighted by molar-refractivity contribution is -0.116. The first-order valence-corrected chi connectivity index (χ1v) is 10.7. The van der Waals surface area contributed by atoms with E-state index in [2.05, 4.69) is 40.2 Å². The number of benzene rings is 2. The van der Waals surface area contributed by atoms with Gasteiger partial charge in [-0.3, -0.25) is 4.79 Å². The number of para-hydroxylation sites is 1. The lowest BCUT2D eigenvalue weighted by Crippen LogP contribution is -2.48. The van der Waals surface area contributed by atoms with Gasteiger partial charge in [-0.1, -0.05) is 52.4 Å². The normalized spacial score (nSPS) is 20.9. The number of carbonyl (C=O) groups excluding carboxylic acids is 1. The molecule has 2 aliphatic rings. The summed E-state index contributed by atoms with van der Waals surface area (Å²) in [5, 5.41) is 0.279. The summed E-state index contributed by atoms with van der Waals surface area (Å²) in [5.74, 6) is 0.581. The second kappa shape index (κ2) is 7.44. The van der Waals surface area contributed by atoms with Crippen LogP contribution in [-0.4, -0.2) is 23.0 Å². The molecule has 25 heavy (non-hydrogen) atoms. The fourth-order valence-electron chi connectivity index (χ4n) is 3.03. The lowest BCUT2D eigenvalue weighted by Gasteiger charge is -2.40. The van der Waals surface area contributed by atoms with Crippen molar-refractivity contribution in [1.29, 1.82) is 0 Å². The van der Waals surface area contributed by atoms with E-state index < -0.39 is 0 Å². The molecule has 2 nitrogen and oxygen atoms in total. The van der Waals surface area contributed by atoms with Gasteiger partial charge in [-0.25, -0.2) is 0 Å². The van der Waals surface area contributed by atoms with Crippen LogP contribution in [0.4, 0.5) is 5.69 Å². The zero-order valence-electron chi connectivity index (χ0n) is 13.3. The molecule has 1 heterocycles. The van der Waals surface area contributed by atoms with Crippen molar-refractivity contribution in [2.45, 2.75) is 21.1 Å². The monoisotopic (exact) mass is 429 g/mol. The van der Waals surface area contributed by atoms with Gasteiger partial charge in [-0.05, 0) is 36.4 Å². The highest BCUT2D eigenvalue weighted by Crippen LogP contribution is 2.43. The highest BCUT2D eigenvalue weighted by atomic mass is 79.9. The van der Waals surface area contributed by atoms with Crippen LogP contribution < -0.4 is 4.90 Å². The van der Waals surface area contributed by atoms with Crippen LogP contribution in [0.25, 0.3) is 0 Å². The maximum atomic E-state index is 13.1. The average molecular weight is 430 g/mol. The topological polar surface area (TPSA) is 20.3 Å². The Hall–Kier alpha value is -1.43. The predicted octanol–water partition coefficient (Wildman–Crippen LogP) is 5.54. The fraction of sp³-hybridized carbons (Fsp3) is 0.150. The molecular weight excluding hydrogens is 414 g/mol. The van der Waals surface area contributed by atoms with Crippen LogP contribution in [-0.2, 0) is 4.79 Å². The Kier molecular flexibility index (Phi) is 5.06. The van der Waals surface area contributed by atoms with E-state index in [0.717, 1.165) is 15.1 Å². The van der Waals surface area contributed by atoms with Crippen LogP contribution in [0.1, 0.15) is 0 Å². The molecule has 0 saturated carbocycles. The summed E-state index contributed by atoms with van der Waals surface area (Å²) < 4.78 is 1.05. The van der Waals surface area contributed by atoms with E-state index in [1.54, 1.807) is 11.8 Å². The van der Waals surface area contributed by atoms with E-state index in [1.807, 2.05) is 65.2 Å². The first-order chi connectivity index (χ1) is 12.2. The zero-order valence-corrected chi connectivity index (χ0v) is 16.6. The summed E-state index contributed by atoms with van der Waals surface area (Å²) in [5.41, 5.74) is 1.02. The van der Waals surface area contributed by atoms with Gasteiger partial charge in [-0.2, -0.15) is 0 Å². The highest BCUT2D eigenvalue weighted by molar-refractivity contribution is 9.10. The number of nitrogens with zero attached hydrogens (tertiary/aromatic N) is 1. The Labute approximate surface area is 164 Å². The third-order valence-electron chi connectivity index (χ3n) is 4.19. The van der Waals surface area contributed by atoms with Crippen molar-refractivity contribution in [1.82, 2.24) is 0 Å². The number of anilines is 1. The maximum Gasteiger partial charge on any atom is 0.237 e. The number of hydrogen-bond acceptors (Lipinski definition) is 3. The molecule has 1 aliphatic carbocycles. The van der Waals surface area contributed by atoms with Crippen LogP contribution in [0, 0.1) is 0 Å². The predicted molar refractivity (Wildman–Crippen MR) is 111 cm³/mol. The smallest absolute Gasteiger partial charge is 0.237 e. The van der Waals surface area contributed by atoms with Crippen molar-refractivity contribution in [3.63, 3.8) is 0 Å². The molecule has 2 atom stereocenters. The third kappa shape index (κ3) is 3.59. The highest BCUT2D eigenvalue weighted by Gasteiger charge is 2.36. The van der Waals surface area contributed by atoms with E-state index in [1.165, 1.54) is 4.90 Å². The number of carbonyl (C=O) groups is 1. The minimum Gasteiger partial charge on any atom is -0.302 e. The van der Waals surface area contributed by atoms with Gasteiger partial charge in [0.1, 0.15) is 0 Å². The average Bonchev–Trinajstić information content (AvgIpc) is 2.65. The van der Waals surface area contributed by atoms with Gasteiger partial charge >= 0.3 is 0 Å². The van der Waals surface area contributed by atoms with Gasteiger partial charge in [0, 0.05) is 14.3 Å². The van der Waals surface area contributed by atoms with Gasteiger partial charge in [0.25, 0.3) is 0 Å². The van der Waals surface area contributed by atoms with Gasteiger partial charge in [0.2, 0.25) is 5.91 Å². The molecule has 0 saturated heterocycles. The Balaban J connectivity index is 1.58. The van der Waals surface area contributed by atoms with E-state index in [4.69, 9.17) is 0 Å². The molecule has 1 aliphatic heterocycles. The lowest BCUT2D eigenvalue weighted by atomic mass is 10.0. The number of hydrogen-bond donors (Lipinski definition) is 0. The molecule has 0 aromatic heterocycles. The Morgan fingerprint density at radius 1 is 1.08 bits per heavy atom. The molecule has 0 radical (unpaired) electrons. The molecule has 0 bridgehead atoms. The molecule has 0 N–H and O–H groups in total. The van der Waals surface area contributed by atoms with Crippen LogP contribution in [0.3, 0.4) is 0 Å². The molecule has 0 unspecified atom stereocenters. The quantitative estimate of drug-likeness (QED) is 0.596. The van der Waals surface area contributed by atoms with E-state index in [-0.39, 0.29) is 17.2 Å². The molecule has 2 aromatic carbocycles.